The maximum absolute atomic E-state index is 13.5. The van der Waals surface area contributed by atoms with Gasteiger partial charge in [-0.2, -0.15) is 5.26 Å². The zero-order valence-corrected chi connectivity index (χ0v) is 10.8. The second kappa shape index (κ2) is 6.63. The van der Waals surface area contributed by atoms with Crippen LogP contribution in [-0.2, 0) is 6.54 Å². The topological polar surface area (TPSA) is 35.8 Å². The Balaban J connectivity index is 1.98. The van der Waals surface area contributed by atoms with Crippen molar-refractivity contribution < 1.29 is 8.78 Å². The number of hydrogen-bond acceptors (Lipinski definition) is 2. The molecule has 0 saturated heterocycles. The first kappa shape index (κ1) is 14.0. The first-order valence-corrected chi connectivity index (χ1v) is 6.77. The average molecular weight is 264 g/mol. The summed E-state index contributed by atoms with van der Waals surface area (Å²) in [6.45, 7) is 0.342. The second-order valence-corrected chi connectivity index (χ2v) is 5.10. The monoisotopic (exact) mass is 264 g/mol. The molecule has 0 aromatic heterocycles. The molecule has 0 bridgehead atoms. The fourth-order valence-corrected chi connectivity index (χ4v) is 2.61. The lowest BCUT2D eigenvalue weighted by Crippen LogP contribution is -2.34. The van der Waals surface area contributed by atoms with E-state index in [0.717, 1.165) is 38.2 Å². The highest BCUT2D eigenvalue weighted by molar-refractivity contribution is 5.18. The van der Waals surface area contributed by atoms with Gasteiger partial charge in [0.05, 0.1) is 12.0 Å². The molecule has 1 aromatic carbocycles. The van der Waals surface area contributed by atoms with Gasteiger partial charge in [0.25, 0.3) is 0 Å². The summed E-state index contributed by atoms with van der Waals surface area (Å²) in [6, 6.07) is 6.05. The Hall–Kier alpha value is -1.47. The third kappa shape index (κ3) is 3.74. The summed E-state index contributed by atoms with van der Waals surface area (Å²) >= 11 is 0. The number of halogens is 2. The Morgan fingerprint density at radius 2 is 2.00 bits per heavy atom. The number of nitrogens with zero attached hydrogens (tertiary/aromatic N) is 1. The normalized spacial score (nSPS) is 23.6. The van der Waals surface area contributed by atoms with Crippen molar-refractivity contribution >= 4 is 0 Å². The zero-order valence-electron chi connectivity index (χ0n) is 10.8. The molecule has 102 valence electrons. The van der Waals surface area contributed by atoms with Gasteiger partial charge in [-0.25, -0.2) is 8.78 Å². The highest BCUT2D eigenvalue weighted by Gasteiger charge is 2.23. The quantitative estimate of drug-likeness (QED) is 0.848. The molecule has 2 nitrogen and oxygen atoms in total. The number of nitriles is 1. The molecule has 0 radical (unpaired) electrons. The zero-order chi connectivity index (χ0) is 13.7. The van der Waals surface area contributed by atoms with E-state index in [0.29, 0.717) is 12.1 Å². The molecular weight excluding hydrogens is 246 g/mol. The van der Waals surface area contributed by atoms with E-state index < -0.39 is 11.6 Å². The number of benzene rings is 1. The summed E-state index contributed by atoms with van der Waals surface area (Å²) in [4.78, 5) is 0. The van der Waals surface area contributed by atoms with Gasteiger partial charge < -0.3 is 5.32 Å². The van der Waals surface area contributed by atoms with Crippen molar-refractivity contribution in [3.05, 3.63) is 35.4 Å². The van der Waals surface area contributed by atoms with Crippen LogP contribution < -0.4 is 5.32 Å². The first-order chi connectivity index (χ1) is 9.20. The fourth-order valence-electron chi connectivity index (χ4n) is 2.61. The number of hydrogen-bond donors (Lipinski definition) is 1. The lowest BCUT2D eigenvalue weighted by atomic mass is 9.96. The van der Waals surface area contributed by atoms with E-state index in [2.05, 4.69) is 11.4 Å². The van der Waals surface area contributed by atoms with E-state index in [1.165, 1.54) is 12.1 Å². The molecule has 0 amide bonds. The van der Waals surface area contributed by atoms with E-state index in [9.17, 15) is 8.78 Å². The summed E-state index contributed by atoms with van der Waals surface area (Å²) in [5.74, 6) is -1.11. The molecule has 1 saturated carbocycles. The smallest absolute Gasteiger partial charge is 0.130 e. The largest absolute Gasteiger partial charge is 0.309 e. The van der Waals surface area contributed by atoms with Gasteiger partial charge in [0, 0.05) is 24.2 Å². The predicted octanol–water partition coefficient (Wildman–Crippen LogP) is 3.53. The van der Waals surface area contributed by atoms with Gasteiger partial charge in [-0.3, -0.25) is 0 Å². The molecular formula is C15H18F2N2. The fraction of sp³-hybridized carbons (Fsp3) is 0.533. The molecule has 0 heterocycles. The minimum Gasteiger partial charge on any atom is -0.309 e. The summed E-state index contributed by atoms with van der Waals surface area (Å²) in [5, 5.41) is 12.4. The van der Waals surface area contributed by atoms with Crippen molar-refractivity contribution in [1.82, 2.24) is 5.32 Å². The molecule has 4 heteroatoms. The third-order valence-corrected chi connectivity index (χ3v) is 3.75. The van der Waals surface area contributed by atoms with Gasteiger partial charge in [-0.15, -0.1) is 0 Å². The summed E-state index contributed by atoms with van der Waals surface area (Å²) < 4.78 is 26.3. The van der Waals surface area contributed by atoms with Crippen molar-refractivity contribution in [1.29, 1.82) is 5.26 Å². The van der Waals surface area contributed by atoms with Crippen molar-refractivity contribution in [3.63, 3.8) is 0 Å². The van der Waals surface area contributed by atoms with Gasteiger partial charge in [-0.1, -0.05) is 25.3 Å². The highest BCUT2D eigenvalue weighted by Crippen LogP contribution is 2.23. The van der Waals surface area contributed by atoms with E-state index in [1.54, 1.807) is 0 Å². The number of rotatable bonds is 3. The van der Waals surface area contributed by atoms with E-state index in [4.69, 9.17) is 5.26 Å². The van der Waals surface area contributed by atoms with Crippen LogP contribution in [0.4, 0.5) is 8.78 Å². The van der Waals surface area contributed by atoms with Gasteiger partial charge in [0.2, 0.25) is 0 Å². The molecule has 1 N–H and O–H groups in total. The van der Waals surface area contributed by atoms with Crippen molar-refractivity contribution in [2.24, 2.45) is 5.92 Å². The molecule has 1 aliphatic carbocycles. The van der Waals surface area contributed by atoms with E-state index in [-0.39, 0.29) is 12.0 Å². The van der Waals surface area contributed by atoms with Crippen molar-refractivity contribution in [3.8, 4) is 6.07 Å². The van der Waals surface area contributed by atoms with Crippen LogP contribution in [0.2, 0.25) is 0 Å². The maximum Gasteiger partial charge on any atom is 0.130 e. The molecule has 19 heavy (non-hydrogen) atoms. The average Bonchev–Trinajstić information content (AvgIpc) is 2.62. The minimum atomic E-state index is -0.564. The minimum absolute atomic E-state index is 0.00832. The summed E-state index contributed by atoms with van der Waals surface area (Å²) in [6.07, 6.45) is 5.19. The van der Waals surface area contributed by atoms with Crippen LogP contribution >= 0.6 is 0 Å². The van der Waals surface area contributed by atoms with Gasteiger partial charge in [0.1, 0.15) is 11.6 Å². The van der Waals surface area contributed by atoms with Crippen LogP contribution in [0.3, 0.4) is 0 Å². The Bertz CT molecular complexity index is 468. The van der Waals surface area contributed by atoms with Gasteiger partial charge >= 0.3 is 0 Å². The molecule has 1 aliphatic rings. The summed E-state index contributed by atoms with van der Waals surface area (Å²) in [7, 11) is 0. The molecule has 1 aromatic rings. The SMILES string of the molecule is N#CC1CCCCCC1NCc1ccc(F)cc1F. The van der Waals surface area contributed by atoms with Crippen LogP contribution in [0.5, 0.6) is 0 Å². The van der Waals surface area contributed by atoms with E-state index in [1.807, 2.05) is 0 Å². The molecule has 0 aliphatic heterocycles. The molecule has 2 atom stereocenters. The van der Waals surface area contributed by atoms with Crippen LogP contribution in [0.25, 0.3) is 0 Å². The molecule has 2 rings (SSSR count). The Labute approximate surface area is 112 Å². The third-order valence-electron chi connectivity index (χ3n) is 3.75. The predicted molar refractivity (Wildman–Crippen MR) is 69.2 cm³/mol. The highest BCUT2D eigenvalue weighted by atomic mass is 19.1. The lowest BCUT2D eigenvalue weighted by molar-refractivity contribution is 0.390. The van der Waals surface area contributed by atoms with Crippen molar-refractivity contribution in [2.45, 2.75) is 44.7 Å². The first-order valence-electron chi connectivity index (χ1n) is 6.77. The molecule has 0 spiro atoms. The standard InChI is InChI=1S/C15H18F2N2/c16-13-7-6-12(14(17)8-13)10-19-15-5-3-1-2-4-11(15)9-18/h6-8,11,15,19H,1-5,10H2. The molecule has 1 fully saturated rings. The Kier molecular flexibility index (Phi) is 4.86. The van der Waals surface area contributed by atoms with Crippen LogP contribution in [0.15, 0.2) is 18.2 Å². The summed E-state index contributed by atoms with van der Waals surface area (Å²) in [5.41, 5.74) is 0.447. The van der Waals surface area contributed by atoms with Gasteiger partial charge in [-0.05, 0) is 18.9 Å². The Morgan fingerprint density at radius 3 is 2.74 bits per heavy atom. The number of nitrogens with one attached hydrogen (secondary N) is 1. The van der Waals surface area contributed by atoms with Crippen LogP contribution in [-0.4, -0.2) is 6.04 Å². The van der Waals surface area contributed by atoms with Crippen molar-refractivity contribution in [2.75, 3.05) is 0 Å². The van der Waals surface area contributed by atoms with Crippen LogP contribution in [0.1, 0.15) is 37.7 Å². The molecule has 2 unspecified atom stereocenters. The van der Waals surface area contributed by atoms with Gasteiger partial charge in [0.15, 0.2) is 0 Å². The second-order valence-electron chi connectivity index (χ2n) is 5.10. The lowest BCUT2D eigenvalue weighted by Gasteiger charge is -2.21. The van der Waals surface area contributed by atoms with E-state index >= 15 is 0 Å². The maximum atomic E-state index is 13.5. The van der Waals surface area contributed by atoms with Crippen LogP contribution in [0, 0.1) is 28.9 Å². The Morgan fingerprint density at radius 1 is 1.21 bits per heavy atom.